The summed E-state index contributed by atoms with van der Waals surface area (Å²) in [7, 11) is 0. The molecule has 0 amide bonds. The Bertz CT molecular complexity index is 517. The monoisotopic (exact) mass is 263 g/mol. The highest BCUT2D eigenvalue weighted by atomic mass is 32.1. The fourth-order valence-electron chi connectivity index (χ4n) is 1.41. The zero-order valence-electron chi connectivity index (χ0n) is 9.43. The lowest BCUT2D eigenvalue weighted by molar-refractivity contribution is 1.17. The van der Waals surface area contributed by atoms with Crippen molar-refractivity contribution in [1.82, 2.24) is 4.98 Å². The van der Waals surface area contributed by atoms with Gasteiger partial charge in [0.25, 0.3) is 0 Å². The molecule has 2 aromatic rings. The van der Waals surface area contributed by atoms with Gasteiger partial charge in [-0.3, -0.25) is 4.98 Å². The zero-order valence-corrected chi connectivity index (χ0v) is 11.1. The number of aromatic nitrogens is 1. The number of nitrogens with two attached hydrogens (primary N) is 1. The van der Waals surface area contributed by atoms with Gasteiger partial charge in [0.1, 0.15) is 4.99 Å². The Morgan fingerprint density at radius 2 is 2.24 bits per heavy atom. The molecule has 2 aromatic heterocycles. The van der Waals surface area contributed by atoms with Crippen LogP contribution in [-0.2, 0) is 6.54 Å². The molecule has 2 heterocycles. The molecule has 0 fully saturated rings. The largest absolute Gasteiger partial charge is 0.388 e. The van der Waals surface area contributed by atoms with Gasteiger partial charge in [-0.05, 0) is 31.2 Å². The Kier molecular flexibility index (Phi) is 3.71. The second-order valence-corrected chi connectivity index (χ2v) is 5.47. The van der Waals surface area contributed by atoms with Crippen LogP contribution in [0.15, 0.2) is 30.5 Å². The van der Waals surface area contributed by atoms with E-state index in [1.165, 1.54) is 9.75 Å². The van der Waals surface area contributed by atoms with Crippen molar-refractivity contribution in [2.45, 2.75) is 13.5 Å². The van der Waals surface area contributed by atoms with Crippen LogP contribution in [0.5, 0.6) is 0 Å². The highest BCUT2D eigenvalue weighted by Crippen LogP contribution is 2.16. The topological polar surface area (TPSA) is 50.9 Å². The highest BCUT2D eigenvalue weighted by Gasteiger charge is 1.99. The van der Waals surface area contributed by atoms with Crippen LogP contribution in [0.25, 0.3) is 0 Å². The first kappa shape index (κ1) is 12.0. The van der Waals surface area contributed by atoms with Gasteiger partial charge >= 0.3 is 0 Å². The van der Waals surface area contributed by atoms with Gasteiger partial charge in [-0.25, -0.2) is 0 Å². The summed E-state index contributed by atoms with van der Waals surface area (Å²) in [6, 6.07) is 8.01. The summed E-state index contributed by atoms with van der Waals surface area (Å²) in [5.74, 6) is 0. The molecule has 5 heteroatoms. The van der Waals surface area contributed by atoms with Crippen molar-refractivity contribution in [1.29, 1.82) is 0 Å². The van der Waals surface area contributed by atoms with Crippen LogP contribution in [0.3, 0.4) is 0 Å². The fraction of sp³-hybridized carbons (Fsp3) is 0.167. The van der Waals surface area contributed by atoms with Crippen LogP contribution in [0.2, 0.25) is 0 Å². The molecule has 2 rings (SSSR count). The number of anilines is 1. The van der Waals surface area contributed by atoms with Gasteiger partial charge < -0.3 is 11.1 Å². The van der Waals surface area contributed by atoms with Crippen LogP contribution in [0.4, 0.5) is 5.69 Å². The summed E-state index contributed by atoms with van der Waals surface area (Å²) in [5, 5.41) is 3.30. The zero-order chi connectivity index (χ0) is 12.3. The molecular weight excluding hydrogens is 250 g/mol. The number of hydrogen-bond acceptors (Lipinski definition) is 4. The van der Waals surface area contributed by atoms with Gasteiger partial charge in [-0.2, -0.15) is 0 Å². The second-order valence-electron chi connectivity index (χ2n) is 3.66. The summed E-state index contributed by atoms with van der Waals surface area (Å²) < 4.78 is 0. The van der Waals surface area contributed by atoms with E-state index in [1.807, 2.05) is 12.1 Å². The van der Waals surface area contributed by atoms with Crippen LogP contribution in [0, 0.1) is 6.92 Å². The average molecular weight is 263 g/mol. The van der Waals surface area contributed by atoms with Crippen molar-refractivity contribution >= 4 is 34.2 Å². The third-order valence-corrected chi connectivity index (χ3v) is 3.49. The van der Waals surface area contributed by atoms with E-state index in [-0.39, 0.29) is 0 Å². The molecule has 0 radical (unpaired) electrons. The maximum absolute atomic E-state index is 5.48. The van der Waals surface area contributed by atoms with Crippen molar-refractivity contribution < 1.29 is 0 Å². The Morgan fingerprint density at radius 1 is 1.41 bits per heavy atom. The summed E-state index contributed by atoms with van der Waals surface area (Å²) in [5.41, 5.74) is 7.10. The number of rotatable bonds is 4. The number of thiocarbonyl (C=S) groups is 1. The lowest BCUT2D eigenvalue weighted by atomic mass is 10.3. The molecule has 0 aromatic carbocycles. The number of hydrogen-bond donors (Lipinski definition) is 2. The average Bonchev–Trinajstić information content (AvgIpc) is 2.73. The molecule has 0 saturated heterocycles. The summed E-state index contributed by atoms with van der Waals surface area (Å²) >= 11 is 6.64. The number of thiophene rings is 1. The van der Waals surface area contributed by atoms with Gasteiger partial charge in [-0.1, -0.05) is 12.2 Å². The summed E-state index contributed by atoms with van der Waals surface area (Å²) in [4.78, 5) is 7.12. The molecule has 0 unspecified atom stereocenters. The number of pyridine rings is 1. The van der Waals surface area contributed by atoms with E-state index in [2.05, 4.69) is 29.4 Å². The van der Waals surface area contributed by atoms with E-state index < -0.39 is 0 Å². The molecule has 0 aliphatic rings. The van der Waals surface area contributed by atoms with Gasteiger partial charge in [0.15, 0.2) is 0 Å². The van der Waals surface area contributed by atoms with Gasteiger partial charge in [0.2, 0.25) is 0 Å². The normalized spacial score (nSPS) is 10.2. The van der Waals surface area contributed by atoms with Gasteiger partial charge in [-0.15, -0.1) is 11.3 Å². The van der Waals surface area contributed by atoms with Crippen molar-refractivity contribution in [3.05, 3.63) is 45.9 Å². The highest BCUT2D eigenvalue weighted by molar-refractivity contribution is 7.80. The van der Waals surface area contributed by atoms with E-state index in [0.717, 1.165) is 12.2 Å². The molecule has 0 aliphatic carbocycles. The quantitative estimate of drug-likeness (QED) is 0.833. The van der Waals surface area contributed by atoms with Crippen molar-refractivity contribution in [3.8, 4) is 0 Å². The Labute approximate surface area is 110 Å². The molecular formula is C12H13N3S2. The fourth-order valence-corrected chi connectivity index (χ4v) is 2.36. The van der Waals surface area contributed by atoms with Crippen LogP contribution in [0.1, 0.15) is 15.4 Å². The molecule has 0 saturated carbocycles. The molecule has 0 aliphatic heterocycles. The lowest BCUT2D eigenvalue weighted by Crippen LogP contribution is -2.11. The molecule has 0 spiro atoms. The van der Waals surface area contributed by atoms with Crippen molar-refractivity contribution in [3.63, 3.8) is 0 Å². The Hall–Kier alpha value is -1.46. The summed E-state index contributed by atoms with van der Waals surface area (Å²) in [6.45, 7) is 2.92. The van der Waals surface area contributed by atoms with E-state index in [1.54, 1.807) is 17.5 Å². The maximum atomic E-state index is 5.48. The van der Waals surface area contributed by atoms with Crippen LogP contribution < -0.4 is 11.1 Å². The minimum atomic E-state index is 0.324. The van der Waals surface area contributed by atoms with Gasteiger partial charge in [0.05, 0.1) is 17.6 Å². The van der Waals surface area contributed by atoms with Gasteiger partial charge in [0, 0.05) is 16.3 Å². The minimum absolute atomic E-state index is 0.324. The standard InChI is InChI=1S/C12H13N3S2/c1-8-2-4-10(17-8)7-14-9-3-5-11(12(13)16)15-6-9/h2-6,14H,7H2,1H3,(H2,13,16). The van der Waals surface area contributed by atoms with E-state index in [9.17, 15) is 0 Å². The van der Waals surface area contributed by atoms with E-state index in [0.29, 0.717) is 10.7 Å². The number of aryl methyl sites for hydroxylation is 1. The third kappa shape index (κ3) is 3.25. The van der Waals surface area contributed by atoms with Crippen molar-refractivity contribution in [2.24, 2.45) is 5.73 Å². The first-order valence-electron chi connectivity index (χ1n) is 5.20. The number of nitrogens with zero attached hydrogens (tertiary/aromatic N) is 1. The first-order valence-corrected chi connectivity index (χ1v) is 6.42. The van der Waals surface area contributed by atoms with Crippen LogP contribution in [-0.4, -0.2) is 9.97 Å². The SMILES string of the molecule is Cc1ccc(CNc2ccc(C(N)=S)nc2)s1. The predicted octanol–water partition coefficient (Wildman–Crippen LogP) is 2.70. The molecule has 0 bridgehead atoms. The van der Waals surface area contributed by atoms with E-state index in [4.69, 9.17) is 18.0 Å². The molecule has 3 N–H and O–H groups in total. The Morgan fingerprint density at radius 3 is 2.76 bits per heavy atom. The summed E-state index contributed by atoms with van der Waals surface area (Å²) in [6.07, 6.45) is 1.74. The maximum Gasteiger partial charge on any atom is 0.122 e. The molecule has 3 nitrogen and oxygen atoms in total. The molecule has 17 heavy (non-hydrogen) atoms. The molecule has 0 atom stereocenters. The Balaban J connectivity index is 1.97. The second kappa shape index (κ2) is 5.25. The lowest BCUT2D eigenvalue weighted by Gasteiger charge is -2.05. The van der Waals surface area contributed by atoms with E-state index >= 15 is 0 Å². The van der Waals surface area contributed by atoms with Crippen LogP contribution >= 0.6 is 23.6 Å². The third-order valence-electron chi connectivity index (χ3n) is 2.28. The first-order chi connectivity index (χ1) is 8.15. The smallest absolute Gasteiger partial charge is 0.122 e. The minimum Gasteiger partial charge on any atom is -0.388 e. The predicted molar refractivity (Wildman–Crippen MR) is 76.5 cm³/mol. The molecule has 88 valence electrons. The van der Waals surface area contributed by atoms with Crippen molar-refractivity contribution in [2.75, 3.05) is 5.32 Å². The number of nitrogens with one attached hydrogen (secondary N) is 1.